The van der Waals surface area contributed by atoms with Crippen LogP contribution >= 0.6 is 11.8 Å². The number of ether oxygens (including phenoxy) is 1. The van der Waals surface area contributed by atoms with Gasteiger partial charge in [-0.05, 0) is 6.42 Å². The average Bonchev–Trinajstić information content (AvgIpc) is 2.87. The largest absolute Gasteiger partial charge is 0.381 e. The van der Waals surface area contributed by atoms with Crippen molar-refractivity contribution in [2.45, 2.75) is 12.5 Å². The molecular formula is C9H16N2O2S. The zero-order valence-corrected chi connectivity index (χ0v) is 8.94. The highest BCUT2D eigenvalue weighted by Gasteiger charge is 2.23. The fourth-order valence-electron chi connectivity index (χ4n) is 1.68. The Morgan fingerprint density at radius 2 is 2.57 bits per heavy atom. The van der Waals surface area contributed by atoms with Crippen LogP contribution in [0.4, 0.5) is 0 Å². The van der Waals surface area contributed by atoms with Gasteiger partial charge < -0.3 is 10.1 Å². The number of hydrogen-bond donors (Lipinski definition) is 2. The van der Waals surface area contributed by atoms with Crippen LogP contribution in [-0.4, -0.2) is 43.3 Å². The van der Waals surface area contributed by atoms with E-state index in [2.05, 4.69) is 10.6 Å². The third kappa shape index (κ3) is 2.62. The summed E-state index contributed by atoms with van der Waals surface area (Å²) in [4.78, 5) is 11.6. The molecule has 2 fully saturated rings. The Kier molecular flexibility index (Phi) is 3.67. The van der Waals surface area contributed by atoms with E-state index in [-0.39, 0.29) is 11.9 Å². The van der Waals surface area contributed by atoms with Crippen LogP contribution < -0.4 is 10.6 Å². The lowest BCUT2D eigenvalue weighted by molar-refractivity contribution is -0.122. The van der Waals surface area contributed by atoms with Crippen molar-refractivity contribution in [1.82, 2.24) is 10.6 Å². The molecular weight excluding hydrogens is 200 g/mol. The minimum Gasteiger partial charge on any atom is -0.381 e. The highest BCUT2D eigenvalue weighted by Crippen LogP contribution is 2.12. The van der Waals surface area contributed by atoms with Gasteiger partial charge >= 0.3 is 0 Å². The van der Waals surface area contributed by atoms with Crippen LogP contribution in [0.15, 0.2) is 0 Å². The van der Waals surface area contributed by atoms with E-state index < -0.39 is 0 Å². The van der Waals surface area contributed by atoms with E-state index in [1.165, 1.54) is 0 Å². The first-order valence-electron chi connectivity index (χ1n) is 5.03. The quantitative estimate of drug-likeness (QED) is 0.686. The van der Waals surface area contributed by atoms with Gasteiger partial charge in [0.25, 0.3) is 0 Å². The van der Waals surface area contributed by atoms with Crippen LogP contribution in [-0.2, 0) is 9.53 Å². The second-order valence-corrected chi connectivity index (χ2v) is 4.78. The van der Waals surface area contributed by atoms with Crippen LogP contribution in [0.25, 0.3) is 0 Å². The summed E-state index contributed by atoms with van der Waals surface area (Å²) >= 11 is 1.77. The maximum absolute atomic E-state index is 11.6. The van der Waals surface area contributed by atoms with E-state index in [0.717, 1.165) is 37.8 Å². The highest BCUT2D eigenvalue weighted by molar-refractivity contribution is 7.99. The summed E-state index contributed by atoms with van der Waals surface area (Å²) in [6.07, 6.45) is 1.08. The molecule has 5 heteroatoms. The van der Waals surface area contributed by atoms with Gasteiger partial charge in [0.2, 0.25) is 5.91 Å². The molecule has 2 rings (SSSR count). The van der Waals surface area contributed by atoms with Gasteiger partial charge in [0.05, 0.1) is 12.6 Å². The number of nitrogens with one attached hydrogen (secondary N) is 2. The molecule has 2 N–H and O–H groups in total. The summed E-state index contributed by atoms with van der Waals surface area (Å²) in [5.41, 5.74) is 0. The van der Waals surface area contributed by atoms with Crippen molar-refractivity contribution in [1.29, 1.82) is 0 Å². The molecule has 2 atom stereocenters. The van der Waals surface area contributed by atoms with E-state index in [0.29, 0.717) is 5.92 Å². The molecule has 0 aromatic carbocycles. The van der Waals surface area contributed by atoms with Gasteiger partial charge in [-0.1, -0.05) is 0 Å². The smallest absolute Gasteiger partial charge is 0.238 e. The number of thioether (sulfide) groups is 1. The topological polar surface area (TPSA) is 50.4 Å². The van der Waals surface area contributed by atoms with Crippen molar-refractivity contribution in [3.8, 4) is 0 Å². The van der Waals surface area contributed by atoms with Crippen LogP contribution in [0.1, 0.15) is 6.42 Å². The van der Waals surface area contributed by atoms with Gasteiger partial charge in [0.1, 0.15) is 0 Å². The molecule has 2 aliphatic heterocycles. The number of amides is 1. The Morgan fingerprint density at radius 1 is 1.64 bits per heavy atom. The molecule has 80 valence electrons. The third-order valence-electron chi connectivity index (χ3n) is 2.62. The average molecular weight is 216 g/mol. The molecule has 1 amide bonds. The van der Waals surface area contributed by atoms with Gasteiger partial charge in [-0.3, -0.25) is 10.1 Å². The Hall–Kier alpha value is -0.260. The first-order chi connectivity index (χ1) is 6.86. The summed E-state index contributed by atoms with van der Waals surface area (Å²) in [6, 6.07) is 0.0160. The first-order valence-corrected chi connectivity index (χ1v) is 6.18. The molecule has 14 heavy (non-hydrogen) atoms. The van der Waals surface area contributed by atoms with Crippen molar-refractivity contribution >= 4 is 17.7 Å². The zero-order chi connectivity index (χ0) is 9.80. The van der Waals surface area contributed by atoms with Crippen LogP contribution in [0, 0.1) is 5.92 Å². The van der Waals surface area contributed by atoms with E-state index in [1.54, 1.807) is 11.8 Å². The SMILES string of the molecule is O=C(NCC1CCOC1)C1CSCN1. The van der Waals surface area contributed by atoms with E-state index >= 15 is 0 Å². The third-order valence-corrected chi connectivity index (χ3v) is 3.56. The molecule has 2 heterocycles. The minimum absolute atomic E-state index is 0.0160. The van der Waals surface area contributed by atoms with Crippen molar-refractivity contribution in [2.75, 3.05) is 31.4 Å². The lowest BCUT2D eigenvalue weighted by atomic mass is 10.1. The molecule has 0 spiro atoms. The molecule has 0 aromatic heterocycles. The van der Waals surface area contributed by atoms with Crippen molar-refractivity contribution in [2.24, 2.45) is 5.92 Å². The van der Waals surface area contributed by atoms with Crippen LogP contribution in [0.3, 0.4) is 0 Å². The number of carbonyl (C=O) groups is 1. The molecule has 0 radical (unpaired) electrons. The van der Waals surface area contributed by atoms with Crippen molar-refractivity contribution in [3.05, 3.63) is 0 Å². The molecule has 2 saturated heterocycles. The molecule has 4 nitrogen and oxygen atoms in total. The predicted octanol–water partition coefficient (Wildman–Crippen LogP) is -0.198. The molecule has 2 aliphatic rings. The monoisotopic (exact) mass is 216 g/mol. The second-order valence-electron chi connectivity index (χ2n) is 3.75. The van der Waals surface area contributed by atoms with Gasteiger partial charge in [0.15, 0.2) is 0 Å². The normalized spacial score (nSPS) is 32.0. The summed E-state index contributed by atoms with van der Waals surface area (Å²) < 4.78 is 5.24. The molecule has 0 aromatic rings. The number of rotatable bonds is 3. The fraction of sp³-hybridized carbons (Fsp3) is 0.889. The van der Waals surface area contributed by atoms with Crippen LogP contribution in [0.5, 0.6) is 0 Å². The van der Waals surface area contributed by atoms with Gasteiger partial charge in [-0.25, -0.2) is 0 Å². The summed E-state index contributed by atoms with van der Waals surface area (Å²) in [5, 5.41) is 6.12. The minimum atomic E-state index is 0.0160. The Morgan fingerprint density at radius 3 is 3.21 bits per heavy atom. The molecule has 0 saturated carbocycles. The van der Waals surface area contributed by atoms with E-state index in [9.17, 15) is 4.79 Å². The summed E-state index contributed by atoms with van der Waals surface area (Å²) in [5.74, 6) is 2.45. The maximum Gasteiger partial charge on any atom is 0.238 e. The number of hydrogen-bond acceptors (Lipinski definition) is 4. The Labute approximate surface area is 88.1 Å². The fourth-order valence-corrected chi connectivity index (χ4v) is 2.62. The highest BCUT2D eigenvalue weighted by atomic mass is 32.2. The molecule has 0 bridgehead atoms. The van der Waals surface area contributed by atoms with Crippen molar-refractivity contribution in [3.63, 3.8) is 0 Å². The predicted molar refractivity (Wildman–Crippen MR) is 56.2 cm³/mol. The van der Waals surface area contributed by atoms with E-state index in [4.69, 9.17) is 4.74 Å². The molecule has 0 aliphatic carbocycles. The lowest BCUT2D eigenvalue weighted by Gasteiger charge is -2.12. The maximum atomic E-state index is 11.6. The summed E-state index contributed by atoms with van der Waals surface area (Å²) in [6.45, 7) is 2.41. The Bertz CT molecular complexity index is 201. The summed E-state index contributed by atoms with van der Waals surface area (Å²) in [7, 11) is 0. The van der Waals surface area contributed by atoms with E-state index in [1.807, 2.05) is 0 Å². The van der Waals surface area contributed by atoms with Crippen LogP contribution in [0.2, 0.25) is 0 Å². The van der Waals surface area contributed by atoms with Gasteiger partial charge in [0, 0.05) is 30.7 Å². The standard InChI is InChI=1S/C9H16N2O2S/c12-9(8-5-14-6-11-8)10-3-7-1-2-13-4-7/h7-8,11H,1-6H2,(H,10,12). The molecule has 2 unspecified atom stereocenters. The van der Waals surface area contributed by atoms with Gasteiger partial charge in [-0.15, -0.1) is 11.8 Å². The van der Waals surface area contributed by atoms with Crippen molar-refractivity contribution < 1.29 is 9.53 Å². The number of carbonyl (C=O) groups excluding carboxylic acids is 1. The first kappa shape index (κ1) is 10.3. The van der Waals surface area contributed by atoms with Gasteiger partial charge in [-0.2, -0.15) is 0 Å². The zero-order valence-electron chi connectivity index (χ0n) is 8.12. The second kappa shape index (κ2) is 5.00. The Balaban J connectivity index is 1.66. The lowest BCUT2D eigenvalue weighted by Crippen LogP contribution is -2.43.